The third-order valence-electron chi connectivity index (χ3n) is 1.90. The molecule has 0 radical (unpaired) electrons. The second kappa shape index (κ2) is 3.47. The standard InChI is InChI=1S/C10H12FNO/c1-4-7-5-8(12)10(13-3)9(11)6(7)2/h4-5H,2,12H2,1,3H3/b7-4-. The number of hydrogen-bond donors (Lipinski definition) is 1. The molecule has 2 N–H and O–H groups in total. The Kier molecular flexibility index (Phi) is 2.56. The van der Waals surface area contributed by atoms with Crippen LogP contribution in [0.2, 0.25) is 0 Å². The molecule has 2 nitrogen and oxygen atoms in total. The number of benzene rings is 1. The summed E-state index contributed by atoms with van der Waals surface area (Å²) in [5.41, 5.74) is 5.86. The van der Waals surface area contributed by atoms with E-state index in [-0.39, 0.29) is 5.75 Å². The van der Waals surface area contributed by atoms with Crippen molar-refractivity contribution in [2.45, 2.75) is 6.92 Å². The van der Waals surface area contributed by atoms with Crippen molar-refractivity contribution in [2.75, 3.05) is 12.8 Å². The van der Waals surface area contributed by atoms with Gasteiger partial charge in [-0.15, -0.1) is 0 Å². The fourth-order valence-electron chi connectivity index (χ4n) is 1.18. The van der Waals surface area contributed by atoms with Crippen LogP contribution in [0, 0.1) is 5.82 Å². The van der Waals surface area contributed by atoms with Crippen LogP contribution < -0.4 is 20.9 Å². The molecule has 1 aromatic carbocycles. The Morgan fingerprint density at radius 1 is 1.62 bits per heavy atom. The van der Waals surface area contributed by atoms with Gasteiger partial charge >= 0.3 is 0 Å². The second-order valence-electron chi connectivity index (χ2n) is 2.67. The normalized spacial score (nSPS) is 11.8. The Morgan fingerprint density at radius 2 is 2.23 bits per heavy atom. The Hall–Kier alpha value is -1.51. The molecule has 0 aliphatic carbocycles. The SMILES string of the molecule is C=c1c(F)c(OC)c(N)c/c1=C/C. The molecule has 0 saturated carbocycles. The molecule has 3 heteroatoms. The lowest BCUT2D eigenvalue weighted by Crippen LogP contribution is -2.27. The molecular weight excluding hydrogens is 169 g/mol. The topological polar surface area (TPSA) is 35.2 Å². The minimum atomic E-state index is -0.490. The van der Waals surface area contributed by atoms with Crippen LogP contribution in [0.25, 0.3) is 12.7 Å². The number of methoxy groups -OCH3 is 1. The maximum absolute atomic E-state index is 13.4. The molecule has 0 aromatic heterocycles. The van der Waals surface area contributed by atoms with Crippen molar-refractivity contribution in [3.63, 3.8) is 0 Å². The molecule has 0 amide bonds. The number of ether oxygens (including phenoxy) is 1. The van der Waals surface area contributed by atoms with Crippen molar-refractivity contribution in [3.05, 3.63) is 22.3 Å². The highest BCUT2D eigenvalue weighted by atomic mass is 19.1. The first-order valence-corrected chi connectivity index (χ1v) is 3.89. The van der Waals surface area contributed by atoms with E-state index in [0.29, 0.717) is 16.1 Å². The van der Waals surface area contributed by atoms with Gasteiger partial charge in [-0.05, 0) is 18.2 Å². The lowest BCUT2D eigenvalue weighted by Gasteiger charge is -2.05. The first-order valence-electron chi connectivity index (χ1n) is 3.89. The molecule has 1 aromatic rings. The molecule has 0 heterocycles. The molecule has 0 spiro atoms. The van der Waals surface area contributed by atoms with Gasteiger partial charge in [-0.1, -0.05) is 12.7 Å². The molecular formula is C10H12FNO. The van der Waals surface area contributed by atoms with Crippen molar-refractivity contribution in [3.8, 4) is 5.75 Å². The number of anilines is 1. The van der Waals surface area contributed by atoms with E-state index >= 15 is 0 Å². The number of halogens is 1. The summed E-state index contributed by atoms with van der Waals surface area (Å²) in [6, 6.07) is 1.64. The van der Waals surface area contributed by atoms with E-state index in [0.717, 1.165) is 0 Å². The molecule has 70 valence electrons. The zero-order valence-electron chi connectivity index (χ0n) is 7.73. The van der Waals surface area contributed by atoms with Crippen LogP contribution in [0.1, 0.15) is 6.92 Å². The van der Waals surface area contributed by atoms with Crippen molar-refractivity contribution in [1.29, 1.82) is 0 Å². The van der Waals surface area contributed by atoms with Crippen LogP contribution in [0.15, 0.2) is 6.07 Å². The monoisotopic (exact) mass is 181 g/mol. The minimum absolute atomic E-state index is 0.0654. The highest BCUT2D eigenvalue weighted by Gasteiger charge is 2.07. The summed E-state index contributed by atoms with van der Waals surface area (Å²) in [7, 11) is 1.38. The smallest absolute Gasteiger partial charge is 0.178 e. The van der Waals surface area contributed by atoms with Gasteiger partial charge in [0.05, 0.1) is 12.8 Å². The lowest BCUT2D eigenvalue weighted by atomic mass is 10.2. The maximum atomic E-state index is 13.4. The quantitative estimate of drug-likeness (QED) is 0.645. The van der Waals surface area contributed by atoms with E-state index in [1.54, 1.807) is 19.1 Å². The third-order valence-corrected chi connectivity index (χ3v) is 1.90. The molecule has 0 bridgehead atoms. The van der Waals surface area contributed by atoms with E-state index < -0.39 is 5.82 Å². The van der Waals surface area contributed by atoms with Gasteiger partial charge < -0.3 is 10.5 Å². The van der Waals surface area contributed by atoms with Gasteiger partial charge in [0.1, 0.15) is 0 Å². The van der Waals surface area contributed by atoms with Gasteiger partial charge in [-0.25, -0.2) is 4.39 Å². The third kappa shape index (κ3) is 1.49. The molecule has 0 aliphatic rings. The highest BCUT2D eigenvalue weighted by molar-refractivity contribution is 5.54. The number of hydrogen-bond acceptors (Lipinski definition) is 2. The van der Waals surface area contributed by atoms with Gasteiger partial charge in [-0.3, -0.25) is 0 Å². The molecule has 0 fully saturated rings. The largest absolute Gasteiger partial charge is 0.492 e. The van der Waals surface area contributed by atoms with Crippen LogP contribution in [0.3, 0.4) is 0 Å². The Labute approximate surface area is 76.1 Å². The fourth-order valence-corrected chi connectivity index (χ4v) is 1.18. The van der Waals surface area contributed by atoms with Gasteiger partial charge in [-0.2, -0.15) is 0 Å². The summed E-state index contributed by atoms with van der Waals surface area (Å²) in [5, 5.41) is 1.00. The van der Waals surface area contributed by atoms with E-state index in [1.165, 1.54) is 7.11 Å². The Bertz CT molecular complexity index is 426. The van der Waals surface area contributed by atoms with Crippen LogP contribution in [-0.4, -0.2) is 7.11 Å². The van der Waals surface area contributed by atoms with E-state index in [4.69, 9.17) is 10.5 Å². The lowest BCUT2D eigenvalue weighted by molar-refractivity contribution is 0.387. The van der Waals surface area contributed by atoms with Gasteiger partial charge in [0.25, 0.3) is 0 Å². The van der Waals surface area contributed by atoms with Crippen LogP contribution >= 0.6 is 0 Å². The van der Waals surface area contributed by atoms with E-state index in [9.17, 15) is 4.39 Å². The molecule has 0 aliphatic heterocycles. The zero-order valence-corrected chi connectivity index (χ0v) is 7.73. The summed E-state index contributed by atoms with van der Waals surface area (Å²) in [5.74, 6) is -0.425. The molecule has 0 saturated heterocycles. The van der Waals surface area contributed by atoms with Crippen LogP contribution in [-0.2, 0) is 0 Å². The van der Waals surface area contributed by atoms with Crippen LogP contribution in [0.4, 0.5) is 10.1 Å². The fraction of sp³-hybridized carbons (Fsp3) is 0.200. The average molecular weight is 181 g/mol. The predicted molar refractivity (Wildman–Crippen MR) is 52.3 cm³/mol. The summed E-state index contributed by atoms with van der Waals surface area (Å²) < 4.78 is 18.2. The number of nitrogen functional groups attached to an aromatic ring is 1. The summed E-state index contributed by atoms with van der Waals surface area (Å²) >= 11 is 0. The molecule has 13 heavy (non-hydrogen) atoms. The summed E-state index contributed by atoms with van der Waals surface area (Å²) in [6.07, 6.45) is 1.75. The first-order chi connectivity index (χ1) is 6.11. The summed E-state index contributed by atoms with van der Waals surface area (Å²) in [4.78, 5) is 0. The summed E-state index contributed by atoms with van der Waals surface area (Å²) in [6.45, 7) is 5.40. The molecule has 0 atom stereocenters. The van der Waals surface area contributed by atoms with Gasteiger partial charge in [0, 0.05) is 5.22 Å². The number of rotatable bonds is 1. The van der Waals surface area contributed by atoms with E-state index in [1.807, 2.05) is 0 Å². The van der Waals surface area contributed by atoms with E-state index in [2.05, 4.69) is 6.58 Å². The number of nitrogens with two attached hydrogens (primary N) is 1. The van der Waals surface area contributed by atoms with Crippen LogP contribution in [0.5, 0.6) is 5.75 Å². The Morgan fingerprint density at radius 3 is 2.69 bits per heavy atom. The highest BCUT2D eigenvalue weighted by Crippen LogP contribution is 2.19. The van der Waals surface area contributed by atoms with Crippen molar-refractivity contribution < 1.29 is 9.13 Å². The van der Waals surface area contributed by atoms with Crippen molar-refractivity contribution in [2.24, 2.45) is 0 Å². The average Bonchev–Trinajstić information content (AvgIpc) is 2.12. The molecule has 0 unspecified atom stereocenters. The zero-order chi connectivity index (χ0) is 10.0. The molecule has 1 rings (SSSR count). The minimum Gasteiger partial charge on any atom is -0.492 e. The van der Waals surface area contributed by atoms with Gasteiger partial charge in [0.2, 0.25) is 0 Å². The Balaban J connectivity index is 3.66. The van der Waals surface area contributed by atoms with Crippen molar-refractivity contribution >= 4 is 18.3 Å². The first kappa shape index (κ1) is 9.58. The van der Waals surface area contributed by atoms with Gasteiger partial charge in [0.15, 0.2) is 11.6 Å². The maximum Gasteiger partial charge on any atom is 0.178 e. The second-order valence-corrected chi connectivity index (χ2v) is 2.67. The van der Waals surface area contributed by atoms with Crippen molar-refractivity contribution in [1.82, 2.24) is 0 Å². The predicted octanol–water partition coefficient (Wildman–Crippen LogP) is 0.627.